The van der Waals surface area contributed by atoms with E-state index in [1.54, 1.807) is 12.1 Å². The summed E-state index contributed by atoms with van der Waals surface area (Å²) in [5.41, 5.74) is 1.37. The molecule has 1 atom stereocenters. The van der Waals surface area contributed by atoms with Crippen LogP contribution in [-0.2, 0) is 0 Å². The van der Waals surface area contributed by atoms with Gasteiger partial charge in [0.1, 0.15) is 0 Å². The first-order chi connectivity index (χ1) is 13.6. The molecule has 1 unspecified atom stereocenters. The number of hydrogen-bond acceptors (Lipinski definition) is 1. The molecular weight excluding hydrogens is 354 g/mol. The van der Waals surface area contributed by atoms with E-state index in [2.05, 4.69) is 25.2 Å². The molecule has 0 amide bonds. The summed E-state index contributed by atoms with van der Waals surface area (Å²) < 4.78 is 34.4. The smallest absolute Gasteiger partial charge is 0.201 e. The zero-order chi connectivity index (χ0) is 19.9. The second-order valence-corrected chi connectivity index (χ2v) is 8.41. The van der Waals surface area contributed by atoms with E-state index >= 15 is 0 Å². The highest BCUT2D eigenvalue weighted by Gasteiger charge is 2.29. The van der Waals surface area contributed by atoms with Crippen molar-refractivity contribution in [2.45, 2.75) is 71.6 Å². The van der Waals surface area contributed by atoms with E-state index in [0.717, 1.165) is 49.5 Å². The van der Waals surface area contributed by atoms with Crippen LogP contribution in [0.1, 0.15) is 77.2 Å². The Bertz CT molecular complexity index is 699. The van der Waals surface area contributed by atoms with Crippen molar-refractivity contribution in [2.24, 2.45) is 17.8 Å². The van der Waals surface area contributed by atoms with Crippen LogP contribution in [0.5, 0.6) is 5.75 Å². The summed E-state index contributed by atoms with van der Waals surface area (Å²) in [5, 5.41) is 0. The van der Waals surface area contributed by atoms with Crippen LogP contribution in [0.25, 0.3) is 5.57 Å². The van der Waals surface area contributed by atoms with Crippen LogP contribution in [0.3, 0.4) is 0 Å². The van der Waals surface area contributed by atoms with Gasteiger partial charge in [0, 0.05) is 5.56 Å². The van der Waals surface area contributed by atoms with Gasteiger partial charge in [-0.15, -0.1) is 0 Å². The summed E-state index contributed by atoms with van der Waals surface area (Å²) in [7, 11) is 0. The molecule has 2 aliphatic rings. The molecule has 0 aliphatic heterocycles. The van der Waals surface area contributed by atoms with Crippen molar-refractivity contribution < 1.29 is 13.5 Å². The summed E-state index contributed by atoms with van der Waals surface area (Å²) >= 11 is 0. The third-order valence-corrected chi connectivity index (χ3v) is 6.55. The molecule has 0 bridgehead atoms. The molecule has 0 radical (unpaired) electrons. The number of benzene rings is 1. The minimum atomic E-state index is -0.848. The van der Waals surface area contributed by atoms with E-state index < -0.39 is 11.6 Å². The molecule has 154 valence electrons. The maximum absolute atomic E-state index is 14.6. The lowest BCUT2D eigenvalue weighted by atomic mass is 9.71. The summed E-state index contributed by atoms with van der Waals surface area (Å²) in [6.07, 6.45) is 16.6. The lowest BCUT2D eigenvalue weighted by Gasteiger charge is -2.35. The number of ether oxygens (including phenoxy) is 1. The van der Waals surface area contributed by atoms with Crippen LogP contribution in [0.2, 0.25) is 0 Å². The minimum Gasteiger partial charge on any atom is -0.490 e. The molecule has 3 rings (SSSR count). The van der Waals surface area contributed by atoms with E-state index in [4.69, 9.17) is 4.74 Å². The van der Waals surface area contributed by atoms with Crippen molar-refractivity contribution in [1.82, 2.24) is 0 Å². The summed E-state index contributed by atoms with van der Waals surface area (Å²) in [5.74, 6) is 0.660. The van der Waals surface area contributed by atoms with Crippen molar-refractivity contribution >= 4 is 5.57 Å². The lowest BCUT2D eigenvalue weighted by Crippen LogP contribution is -2.22. The zero-order valence-electron chi connectivity index (χ0n) is 17.4. The highest BCUT2D eigenvalue weighted by Crippen LogP contribution is 2.42. The molecule has 3 heteroatoms. The Hall–Kier alpha value is -1.64. The van der Waals surface area contributed by atoms with Gasteiger partial charge in [0.15, 0.2) is 11.6 Å². The molecule has 1 saturated carbocycles. The predicted octanol–water partition coefficient (Wildman–Crippen LogP) is 7.71. The second-order valence-electron chi connectivity index (χ2n) is 8.41. The molecule has 1 fully saturated rings. The number of hydrogen-bond donors (Lipinski definition) is 0. The van der Waals surface area contributed by atoms with Crippen molar-refractivity contribution in [3.05, 3.63) is 47.6 Å². The quantitative estimate of drug-likeness (QED) is 0.343. The Morgan fingerprint density at radius 3 is 2.46 bits per heavy atom. The number of allylic oxidation sites excluding steroid dienone is 4. The maximum atomic E-state index is 14.6. The van der Waals surface area contributed by atoms with Gasteiger partial charge in [-0.25, -0.2) is 4.39 Å². The third kappa shape index (κ3) is 5.04. The molecule has 0 saturated heterocycles. The van der Waals surface area contributed by atoms with E-state index in [1.807, 2.05) is 6.92 Å². The van der Waals surface area contributed by atoms with Gasteiger partial charge in [0.05, 0.1) is 6.61 Å². The Kier molecular flexibility index (Phi) is 7.70. The molecule has 1 aromatic rings. The maximum Gasteiger partial charge on any atom is 0.201 e. The van der Waals surface area contributed by atoms with Crippen LogP contribution < -0.4 is 4.74 Å². The Morgan fingerprint density at radius 2 is 1.82 bits per heavy atom. The average Bonchev–Trinajstić information content (AvgIpc) is 2.72. The number of rotatable bonds is 7. The van der Waals surface area contributed by atoms with Gasteiger partial charge in [-0.05, 0) is 93.7 Å². The third-order valence-electron chi connectivity index (χ3n) is 6.55. The summed E-state index contributed by atoms with van der Waals surface area (Å²) in [6.45, 7) is 4.57. The molecule has 0 heterocycles. The van der Waals surface area contributed by atoms with Crippen molar-refractivity contribution in [2.75, 3.05) is 6.61 Å². The first-order valence-electron chi connectivity index (χ1n) is 11.1. The van der Waals surface area contributed by atoms with Crippen LogP contribution in [0.15, 0.2) is 30.4 Å². The lowest BCUT2D eigenvalue weighted by molar-refractivity contribution is 0.212. The van der Waals surface area contributed by atoms with Gasteiger partial charge in [0.25, 0.3) is 0 Å². The minimum absolute atomic E-state index is 0.0295. The van der Waals surface area contributed by atoms with Gasteiger partial charge < -0.3 is 4.74 Å². The van der Waals surface area contributed by atoms with Crippen molar-refractivity contribution in [1.29, 1.82) is 0 Å². The van der Waals surface area contributed by atoms with Crippen LogP contribution in [0, 0.1) is 29.4 Å². The Balaban J connectivity index is 1.61. The highest BCUT2D eigenvalue weighted by molar-refractivity contribution is 5.67. The van der Waals surface area contributed by atoms with E-state index in [1.165, 1.54) is 25.7 Å². The molecule has 0 spiro atoms. The van der Waals surface area contributed by atoms with E-state index in [9.17, 15) is 8.78 Å². The highest BCUT2D eigenvalue weighted by atomic mass is 19.2. The standard InChI is InChI=1S/C25H34F2O/c1-3-5-17-28-23-16-15-22(24(26)25(23)27)21-13-11-20(12-14-21)19-9-7-18(6-4-2)8-10-19/h4,6,13,15-16,18-20H,3,5,7-12,14,17H2,1-2H3/b6-4+. The van der Waals surface area contributed by atoms with Gasteiger partial charge >= 0.3 is 0 Å². The predicted molar refractivity (Wildman–Crippen MR) is 112 cm³/mol. The van der Waals surface area contributed by atoms with Crippen LogP contribution >= 0.6 is 0 Å². The van der Waals surface area contributed by atoms with E-state index in [0.29, 0.717) is 18.1 Å². The van der Waals surface area contributed by atoms with Crippen molar-refractivity contribution in [3.8, 4) is 5.75 Å². The fourth-order valence-corrected chi connectivity index (χ4v) is 4.83. The molecular formula is C25H34F2O. The first kappa shape index (κ1) is 21.1. The van der Waals surface area contributed by atoms with E-state index in [-0.39, 0.29) is 5.75 Å². The largest absolute Gasteiger partial charge is 0.490 e. The normalized spacial score (nSPS) is 25.7. The SMILES string of the molecule is C/C=C/C1CCC(C2CC=C(c3ccc(OCCCC)c(F)c3F)CC2)CC1. The van der Waals surface area contributed by atoms with Crippen LogP contribution in [-0.4, -0.2) is 6.61 Å². The topological polar surface area (TPSA) is 9.23 Å². The summed E-state index contributed by atoms with van der Waals surface area (Å²) in [4.78, 5) is 0. The molecule has 1 aromatic carbocycles. The first-order valence-corrected chi connectivity index (χ1v) is 11.1. The Labute approximate surface area is 168 Å². The number of halogens is 2. The molecule has 1 nitrogen and oxygen atoms in total. The summed E-state index contributed by atoms with van der Waals surface area (Å²) in [6, 6.07) is 3.27. The second kappa shape index (κ2) is 10.2. The van der Waals surface area contributed by atoms with Crippen molar-refractivity contribution in [3.63, 3.8) is 0 Å². The number of unbranched alkanes of at least 4 members (excludes halogenated alkanes) is 1. The fourth-order valence-electron chi connectivity index (χ4n) is 4.83. The van der Waals surface area contributed by atoms with Gasteiger partial charge in [-0.3, -0.25) is 0 Å². The molecule has 0 aromatic heterocycles. The Morgan fingerprint density at radius 1 is 1.04 bits per heavy atom. The van der Waals surface area contributed by atoms with Gasteiger partial charge in [-0.2, -0.15) is 4.39 Å². The average molecular weight is 389 g/mol. The fraction of sp³-hybridized carbons (Fsp3) is 0.600. The molecule has 2 aliphatic carbocycles. The molecule has 0 N–H and O–H groups in total. The monoisotopic (exact) mass is 388 g/mol. The van der Waals surface area contributed by atoms with Gasteiger partial charge in [-0.1, -0.05) is 31.6 Å². The zero-order valence-corrected chi connectivity index (χ0v) is 17.4. The van der Waals surface area contributed by atoms with Crippen LogP contribution in [0.4, 0.5) is 8.78 Å². The molecule has 28 heavy (non-hydrogen) atoms. The van der Waals surface area contributed by atoms with Gasteiger partial charge in [0.2, 0.25) is 5.82 Å².